The van der Waals surface area contributed by atoms with Gasteiger partial charge in [0, 0.05) is 17.8 Å². The number of guanidine groups is 1. The van der Waals surface area contributed by atoms with E-state index in [0.717, 1.165) is 18.5 Å². The van der Waals surface area contributed by atoms with Crippen molar-refractivity contribution in [2.45, 2.75) is 25.4 Å². The number of hydrogen-bond acceptors (Lipinski definition) is 5. The van der Waals surface area contributed by atoms with Crippen LogP contribution in [0, 0.1) is 10.1 Å². The van der Waals surface area contributed by atoms with E-state index in [0.29, 0.717) is 5.75 Å². The monoisotopic (exact) mass is 370 g/mol. The highest BCUT2D eigenvalue weighted by molar-refractivity contribution is 5.92. The molecule has 0 heterocycles. The molecule has 3 rings (SSSR count). The number of nitro groups is 1. The van der Waals surface area contributed by atoms with Crippen LogP contribution in [0.3, 0.4) is 0 Å². The lowest BCUT2D eigenvalue weighted by atomic mass is 10.1. The second-order valence-corrected chi connectivity index (χ2v) is 6.40. The molecule has 1 aliphatic carbocycles. The summed E-state index contributed by atoms with van der Waals surface area (Å²) in [7, 11) is 0. The van der Waals surface area contributed by atoms with E-state index >= 15 is 0 Å². The maximum atomic E-state index is 10.6. The van der Waals surface area contributed by atoms with Crippen molar-refractivity contribution in [3.63, 3.8) is 0 Å². The molecule has 27 heavy (non-hydrogen) atoms. The lowest BCUT2D eigenvalue weighted by Gasteiger charge is -2.11. The minimum absolute atomic E-state index is 0.00738. The van der Waals surface area contributed by atoms with E-state index in [2.05, 4.69) is 22.4 Å². The van der Waals surface area contributed by atoms with Crippen LogP contribution < -0.4 is 15.8 Å². The third kappa shape index (κ3) is 5.18. The Morgan fingerprint density at radius 2 is 2.00 bits per heavy atom. The predicted molar refractivity (Wildman–Crippen MR) is 103 cm³/mol. The minimum Gasteiger partial charge on any atom is -0.491 e. The summed E-state index contributed by atoms with van der Waals surface area (Å²) in [5.74, 6) is 0.662. The molecule has 4 N–H and O–H groups in total. The number of hydrogen-bond donors (Lipinski definition) is 3. The quantitative estimate of drug-likeness (QED) is 0.297. The summed E-state index contributed by atoms with van der Waals surface area (Å²) in [6.07, 6.45) is 2.55. The molecule has 2 aromatic rings. The van der Waals surface area contributed by atoms with Gasteiger partial charge in [-0.1, -0.05) is 6.07 Å². The van der Waals surface area contributed by atoms with E-state index in [-0.39, 0.29) is 24.8 Å². The zero-order chi connectivity index (χ0) is 19.2. The smallest absolute Gasteiger partial charge is 0.269 e. The van der Waals surface area contributed by atoms with Crippen LogP contribution in [0.5, 0.6) is 5.75 Å². The summed E-state index contributed by atoms with van der Waals surface area (Å²) < 4.78 is 5.40. The van der Waals surface area contributed by atoms with Crippen molar-refractivity contribution in [2.24, 2.45) is 10.7 Å². The Bertz CT molecular complexity index is 836. The number of non-ortho nitro benzene ring substituents is 1. The molecule has 0 bridgehead atoms. The first kappa shape index (κ1) is 18.7. The summed E-state index contributed by atoms with van der Waals surface area (Å²) in [6.45, 7) is 0.0875. The minimum atomic E-state index is -0.847. The number of aryl methyl sites for hydroxylation is 2. The van der Waals surface area contributed by atoms with E-state index < -0.39 is 11.0 Å². The molecule has 1 aliphatic rings. The Morgan fingerprint density at radius 1 is 1.26 bits per heavy atom. The molecule has 2 aromatic carbocycles. The highest BCUT2D eigenvalue weighted by Gasteiger charge is 2.11. The van der Waals surface area contributed by atoms with Crippen LogP contribution in [0.1, 0.15) is 17.5 Å². The van der Waals surface area contributed by atoms with Gasteiger partial charge in [0.05, 0.1) is 11.5 Å². The van der Waals surface area contributed by atoms with Gasteiger partial charge < -0.3 is 20.9 Å². The molecule has 8 nitrogen and oxygen atoms in total. The number of aliphatic hydroxyl groups excluding tert-OH is 1. The van der Waals surface area contributed by atoms with E-state index in [4.69, 9.17) is 10.5 Å². The highest BCUT2D eigenvalue weighted by Crippen LogP contribution is 2.24. The number of nitro benzene ring substituents is 1. The number of nitrogens with one attached hydrogen (secondary N) is 1. The summed E-state index contributed by atoms with van der Waals surface area (Å²) in [4.78, 5) is 14.3. The average Bonchev–Trinajstić information content (AvgIpc) is 3.13. The van der Waals surface area contributed by atoms with Crippen molar-refractivity contribution in [1.29, 1.82) is 0 Å². The molecule has 0 saturated carbocycles. The van der Waals surface area contributed by atoms with Crippen LogP contribution in [-0.2, 0) is 12.8 Å². The summed E-state index contributed by atoms with van der Waals surface area (Å²) in [6, 6.07) is 11.8. The highest BCUT2D eigenvalue weighted by atomic mass is 16.6. The maximum Gasteiger partial charge on any atom is 0.269 e. The van der Waals surface area contributed by atoms with Crippen molar-refractivity contribution < 1.29 is 14.8 Å². The van der Waals surface area contributed by atoms with Crippen LogP contribution in [0.25, 0.3) is 0 Å². The predicted octanol–water partition coefficient (Wildman–Crippen LogP) is 2.25. The number of aliphatic hydroxyl groups is 1. The summed E-state index contributed by atoms with van der Waals surface area (Å²) in [5.41, 5.74) is 9.46. The van der Waals surface area contributed by atoms with Gasteiger partial charge in [0.15, 0.2) is 5.96 Å². The van der Waals surface area contributed by atoms with Crippen LogP contribution in [0.15, 0.2) is 47.5 Å². The largest absolute Gasteiger partial charge is 0.491 e. The topological polar surface area (TPSA) is 123 Å². The number of fused-ring (bicyclic) bond motifs is 1. The van der Waals surface area contributed by atoms with Crippen LogP contribution >= 0.6 is 0 Å². The van der Waals surface area contributed by atoms with Gasteiger partial charge >= 0.3 is 0 Å². The van der Waals surface area contributed by atoms with E-state index in [1.165, 1.54) is 41.8 Å². The number of ether oxygens (including phenoxy) is 1. The Kier molecular flexibility index (Phi) is 5.87. The van der Waals surface area contributed by atoms with Gasteiger partial charge in [-0.2, -0.15) is 0 Å². The van der Waals surface area contributed by atoms with Gasteiger partial charge in [-0.15, -0.1) is 0 Å². The lowest BCUT2D eigenvalue weighted by molar-refractivity contribution is -0.384. The molecule has 0 fully saturated rings. The molecule has 0 saturated heterocycles. The molecule has 142 valence electrons. The average molecular weight is 370 g/mol. The molecule has 0 amide bonds. The molecular formula is C19H22N4O4. The first-order valence-corrected chi connectivity index (χ1v) is 8.75. The van der Waals surface area contributed by atoms with Crippen molar-refractivity contribution in [3.8, 4) is 5.75 Å². The standard InChI is InChI=1S/C19H22N4O4/c20-19(22-15-5-4-13-2-1-3-14(13)10-15)21-11-17(24)12-27-18-8-6-16(7-9-18)23(25)26/h4-10,17,24H,1-3,11-12H2,(H3,20,21,22). The Hall–Kier alpha value is -3.13. The van der Waals surface area contributed by atoms with Gasteiger partial charge in [-0.05, 0) is 54.7 Å². The second-order valence-electron chi connectivity index (χ2n) is 6.40. The molecule has 1 unspecified atom stereocenters. The zero-order valence-electron chi connectivity index (χ0n) is 14.8. The number of aliphatic imine (C=N–C) groups is 1. The van der Waals surface area contributed by atoms with Crippen molar-refractivity contribution >= 4 is 17.3 Å². The van der Waals surface area contributed by atoms with Gasteiger partial charge in [-0.3, -0.25) is 15.1 Å². The SMILES string of the molecule is NC(=NCC(O)COc1ccc([N+](=O)[O-])cc1)Nc1ccc2c(c1)CCC2. The normalized spacial score (nSPS) is 14.5. The van der Waals surface area contributed by atoms with Gasteiger partial charge in [0.2, 0.25) is 0 Å². The molecule has 0 radical (unpaired) electrons. The molecule has 0 aliphatic heterocycles. The first-order chi connectivity index (χ1) is 13.0. The van der Waals surface area contributed by atoms with Gasteiger partial charge in [-0.25, -0.2) is 0 Å². The third-order valence-electron chi connectivity index (χ3n) is 4.33. The fourth-order valence-electron chi connectivity index (χ4n) is 2.95. The Labute approximate surface area is 156 Å². The van der Waals surface area contributed by atoms with Crippen LogP contribution in [-0.4, -0.2) is 35.2 Å². The van der Waals surface area contributed by atoms with Crippen molar-refractivity contribution in [2.75, 3.05) is 18.5 Å². The fourth-order valence-corrected chi connectivity index (χ4v) is 2.95. The fraction of sp³-hybridized carbons (Fsp3) is 0.316. The lowest BCUT2D eigenvalue weighted by Crippen LogP contribution is -2.27. The Balaban J connectivity index is 1.46. The third-order valence-corrected chi connectivity index (χ3v) is 4.33. The maximum absolute atomic E-state index is 10.6. The summed E-state index contributed by atoms with van der Waals surface area (Å²) >= 11 is 0. The zero-order valence-corrected chi connectivity index (χ0v) is 14.8. The number of benzene rings is 2. The van der Waals surface area contributed by atoms with E-state index in [1.54, 1.807) is 0 Å². The second kappa shape index (κ2) is 8.50. The van der Waals surface area contributed by atoms with Crippen molar-refractivity contribution in [3.05, 3.63) is 63.7 Å². The summed E-state index contributed by atoms with van der Waals surface area (Å²) in [5, 5.41) is 23.6. The Morgan fingerprint density at radius 3 is 2.74 bits per heavy atom. The van der Waals surface area contributed by atoms with E-state index in [9.17, 15) is 15.2 Å². The van der Waals surface area contributed by atoms with Crippen LogP contribution in [0.2, 0.25) is 0 Å². The van der Waals surface area contributed by atoms with Gasteiger partial charge in [0.1, 0.15) is 18.5 Å². The number of nitrogens with two attached hydrogens (primary N) is 1. The molecule has 0 aromatic heterocycles. The van der Waals surface area contributed by atoms with E-state index in [1.807, 2.05) is 6.07 Å². The van der Waals surface area contributed by atoms with Crippen LogP contribution in [0.4, 0.5) is 11.4 Å². The molecular weight excluding hydrogens is 348 g/mol. The van der Waals surface area contributed by atoms with Gasteiger partial charge in [0.25, 0.3) is 5.69 Å². The number of anilines is 1. The number of rotatable bonds is 7. The first-order valence-electron chi connectivity index (χ1n) is 8.75. The molecule has 8 heteroatoms. The molecule has 1 atom stereocenters. The molecule has 0 spiro atoms. The van der Waals surface area contributed by atoms with Crippen molar-refractivity contribution in [1.82, 2.24) is 0 Å². The number of nitrogens with zero attached hydrogens (tertiary/aromatic N) is 2.